The molecular weight excluding hydrogens is 498 g/mol. The van der Waals surface area contributed by atoms with Crippen molar-refractivity contribution in [1.29, 1.82) is 10.5 Å². The standard InChI is InChI=1S/C27H17BrClN3O/c28-20-12-9-19(10-13-20)26(33)25-23(17-5-2-1-3-6-17)27(15-30,16-31)22-14-11-18-7-4-8-21(29)24(18)32(22)25/h1-14,22-23,25H/t22-,23+,25-/m0/s1. The van der Waals surface area contributed by atoms with E-state index >= 15 is 0 Å². The first-order chi connectivity index (χ1) is 16.0. The maximum Gasteiger partial charge on any atom is 0.185 e. The lowest BCUT2D eigenvalue weighted by atomic mass is 9.69. The van der Waals surface area contributed by atoms with Gasteiger partial charge in [0.25, 0.3) is 0 Å². The van der Waals surface area contributed by atoms with Gasteiger partial charge in [0.15, 0.2) is 11.2 Å². The van der Waals surface area contributed by atoms with E-state index < -0.39 is 23.4 Å². The second-order valence-corrected chi connectivity index (χ2v) is 9.51. The topological polar surface area (TPSA) is 67.9 Å². The third-order valence-electron chi connectivity index (χ3n) is 6.53. The predicted octanol–water partition coefficient (Wildman–Crippen LogP) is 6.39. The van der Waals surface area contributed by atoms with E-state index in [9.17, 15) is 15.3 Å². The number of ketones is 1. The van der Waals surface area contributed by atoms with Crippen molar-refractivity contribution < 1.29 is 4.79 Å². The smallest absolute Gasteiger partial charge is 0.185 e. The zero-order valence-electron chi connectivity index (χ0n) is 17.3. The number of benzene rings is 3. The highest BCUT2D eigenvalue weighted by Crippen LogP contribution is 2.56. The Morgan fingerprint density at radius 2 is 1.67 bits per heavy atom. The summed E-state index contributed by atoms with van der Waals surface area (Å²) in [4.78, 5) is 16.0. The zero-order chi connectivity index (χ0) is 23.2. The Morgan fingerprint density at radius 1 is 0.970 bits per heavy atom. The number of hydrogen-bond donors (Lipinski definition) is 0. The minimum atomic E-state index is -1.48. The molecule has 0 N–H and O–H groups in total. The number of Topliss-reactive ketones (excluding diaryl/α,β-unsaturated/α-hetero) is 1. The fourth-order valence-corrected chi connectivity index (χ4v) is 5.65. The van der Waals surface area contributed by atoms with Crippen molar-refractivity contribution >= 4 is 45.1 Å². The molecule has 0 amide bonds. The highest BCUT2D eigenvalue weighted by molar-refractivity contribution is 9.10. The molecule has 1 saturated heterocycles. The van der Waals surface area contributed by atoms with Crippen LogP contribution in [0.2, 0.25) is 5.02 Å². The SMILES string of the molecule is N#CC1(C#N)[C@H](c2ccccc2)[C@@H](C(=O)c2ccc(Br)cc2)N2c3c(Cl)cccc3C=C[C@H]21. The van der Waals surface area contributed by atoms with E-state index in [2.05, 4.69) is 28.1 Å². The molecule has 4 nitrogen and oxygen atoms in total. The van der Waals surface area contributed by atoms with E-state index in [0.717, 1.165) is 15.6 Å². The average molecular weight is 515 g/mol. The van der Waals surface area contributed by atoms with E-state index in [4.69, 9.17) is 11.6 Å². The maximum absolute atomic E-state index is 14.1. The molecule has 5 rings (SSSR count). The summed E-state index contributed by atoms with van der Waals surface area (Å²) in [7, 11) is 0. The fraction of sp³-hybridized carbons (Fsp3) is 0.148. The molecule has 0 spiro atoms. The van der Waals surface area contributed by atoms with Gasteiger partial charge in [0, 0.05) is 16.0 Å². The summed E-state index contributed by atoms with van der Waals surface area (Å²) < 4.78 is 0.862. The Kier molecular flexibility index (Phi) is 5.33. The van der Waals surface area contributed by atoms with Gasteiger partial charge in [-0.15, -0.1) is 0 Å². The Labute approximate surface area is 205 Å². The monoisotopic (exact) mass is 513 g/mol. The minimum Gasteiger partial charge on any atom is -0.350 e. The first kappa shape index (κ1) is 21.5. The highest BCUT2D eigenvalue weighted by atomic mass is 79.9. The molecule has 6 heteroatoms. The van der Waals surface area contributed by atoms with Gasteiger partial charge in [0.05, 0.1) is 28.9 Å². The first-order valence-corrected chi connectivity index (χ1v) is 11.6. The number of halogens is 2. The molecule has 0 unspecified atom stereocenters. The van der Waals surface area contributed by atoms with Crippen LogP contribution in [0.3, 0.4) is 0 Å². The van der Waals surface area contributed by atoms with E-state index in [1.54, 1.807) is 18.2 Å². The summed E-state index contributed by atoms with van der Waals surface area (Å²) in [5, 5.41) is 21.3. The Hall–Kier alpha value is -3.38. The summed E-state index contributed by atoms with van der Waals surface area (Å²) in [5.41, 5.74) is 1.33. The largest absolute Gasteiger partial charge is 0.350 e. The van der Waals surface area contributed by atoms with Crippen molar-refractivity contribution in [3.05, 3.63) is 105 Å². The zero-order valence-corrected chi connectivity index (χ0v) is 19.7. The molecule has 160 valence electrons. The van der Waals surface area contributed by atoms with Gasteiger partial charge in [0.1, 0.15) is 6.04 Å². The molecule has 0 aromatic heterocycles. The first-order valence-electron chi connectivity index (χ1n) is 10.4. The average Bonchev–Trinajstić information content (AvgIpc) is 3.15. The Bertz CT molecular complexity index is 1340. The second kappa shape index (κ2) is 8.19. The summed E-state index contributed by atoms with van der Waals surface area (Å²) in [6, 6.07) is 25.3. The van der Waals surface area contributed by atoms with Crippen molar-refractivity contribution in [2.75, 3.05) is 4.90 Å². The van der Waals surface area contributed by atoms with E-state index in [-0.39, 0.29) is 5.78 Å². The molecule has 2 aliphatic heterocycles. The second-order valence-electron chi connectivity index (χ2n) is 8.19. The molecule has 2 aliphatic rings. The van der Waals surface area contributed by atoms with Crippen LogP contribution in [0.25, 0.3) is 6.08 Å². The summed E-state index contributed by atoms with van der Waals surface area (Å²) in [5.74, 6) is -0.836. The van der Waals surface area contributed by atoms with Crippen molar-refractivity contribution in [2.24, 2.45) is 5.41 Å². The van der Waals surface area contributed by atoms with Gasteiger partial charge in [-0.05, 0) is 29.3 Å². The lowest BCUT2D eigenvalue weighted by Crippen LogP contribution is -2.44. The number of nitrogens with zero attached hydrogens (tertiary/aromatic N) is 3. The van der Waals surface area contributed by atoms with Gasteiger partial charge in [-0.2, -0.15) is 10.5 Å². The van der Waals surface area contributed by atoms with Crippen molar-refractivity contribution in [2.45, 2.75) is 18.0 Å². The number of rotatable bonds is 3. The van der Waals surface area contributed by atoms with Gasteiger partial charge in [0.2, 0.25) is 0 Å². The molecule has 0 radical (unpaired) electrons. The number of para-hydroxylation sites is 1. The summed E-state index contributed by atoms with van der Waals surface area (Å²) in [6.07, 6.45) is 3.75. The lowest BCUT2D eigenvalue weighted by molar-refractivity contribution is 0.0951. The third-order valence-corrected chi connectivity index (χ3v) is 7.37. The van der Waals surface area contributed by atoms with Gasteiger partial charge in [-0.25, -0.2) is 0 Å². The van der Waals surface area contributed by atoms with Crippen LogP contribution < -0.4 is 4.90 Å². The van der Waals surface area contributed by atoms with Crippen molar-refractivity contribution in [1.82, 2.24) is 0 Å². The van der Waals surface area contributed by atoms with E-state index in [1.807, 2.05) is 71.6 Å². The molecule has 2 heterocycles. The number of hydrogen-bond acceptors (Lipinski definition) is 4. The Balaban J connectivity index is 1.80. The molecule has 3 aromatic carbocycles. The molecule has 0 saturated carbocycles. The predicted molar refractivity (Wildman–Crippen MR) is 132 cm³/mol. The van der Waals surface area contributed by atoms with Crippen LogP contribution in [0.1, 0.15) is 27.4 Å². The molecule has 0 aliphatic carbocycles. The van der Waals surface area contributed by atoms with Gasteiger partial charge < -0.3 is 4.90 Å². The maximum atomic E-state index is 14.1. The number of carbonyl (C=O) groups excluding carboxylic acids is 1. The molecule has 0 bridgehead atoms. The quantitative estimate of drug-likeness (QED) is 0.380. The number of nitriles is 2. The minimum absolute atomic E-state index is 0.158. The third kappa shape index (κ3) is 3.20. The van der Waals surface area contributed by atoms with Crippen molar-refractivity contribution in [3.63, 3.8) is 0 Å². The van der Waals surface area contributed by atoms with Gasteiger partial charge >= 0.3 is 0 Å². The fourth-order valence-electron chi connectivity index (χ4n) is 5.11. The van der Waals surface area contributed by atoms with Crippen LogP contribution >= 0.6 is 27.5 Å². The molecule has 33 heavy (non-hydrogen) atoms. The van der Waals surface area contributed by atoms with Gasteiger partial charge in [-0.1, -0.05) is 94.3 Å². The van der Waals surface area contributed by atoms with E-state index in [1.165, 1.54) is 0 Å². The van der Waals surface area contributed by atoms with Crippen LogP contribution in [0.5, 0.6) is 0 Å². The molecule has 1 fully saturated rings. The Morgan fingerprint density at radius 3 is 2.33 bits per heavy atom. The summed E-state index contributed by atoms with van der Waals surface area (Å²) in [6.45, 7) is 0. The highest BCUT2D eigenvalue weighted by Gasteiger charge is 2.63. The molecule has 3 atom stereocenters. The summed E-state index contributed by atoms with van der Waals surface area (Å²) >= 11 is 10.1. The van der Waals surface area contributed by atoms with Crippen LogP contribution in [-0.4, -0.2) is 17.9 Å². The van der Waals surface area contributed by atoms with Crippen molar-refractivity contribution in [3.8, 4) is 12.1 Å². The number of anilines is 1. The van der Waals surface area contributed by atoms with Crippen LogP contribution in [0.4, 0.5) is 5.69 Å². The molecule has 3 aromatic rings. The molecular formula is C27H17BrClN3O. The van der Waals surface area contributed by atoms with E-state index in [0.29, 0.717) is 16.3 Å². The van der Waals surface area contributed by atoms with Crippen LogP contribution in [-0.2, 0) is 0 Å². The normalized spacial score (nSPS) is 22.1. The lowest BCUT2D eigenvalue weighted by Gasteiger charge is -2.36. The van der Waals surface area contributed by atoms with Crippen LogP contribution in [0, 0.1) is 28.1 Å². The van der Waals surface area contributed by atoms with Crippen LogP contribution in [0.15, 0.2) is 83.3 Å². The number of fused-ring (bicyclic) bond motifs is 3. The van der Waals surface area contributed by atoms with Gasteiger partial charge in [-0.3, -0.25) is 4.79 Å². The number of carbonyl (C=O) groups is 1.